The van der Waals surface area contributed by atoms with Crippen LogP contribution in [0.25, 0.3) is 6.08 Å². The topological polar surface area (TPSA) is 21.7 Å². The molecule has 1 aromatic rings. The summed E-state index contributed by atoms with van der Waals surface area (Å²) in [6, 6.07) is 4.21. The Morgan fingerprint density at radius 2 is 1.86 bits per heavy atom. The first-order valence-corrected chi connectivity index (χ1v) is 7.71. The second-order valence-electron chi connectivity index (χ2n) is 5.91. The Kier molecular flexibility index (Phi) is 4.34. The van der Waals surface area contributed by atoms with Gasteiger partial charge in [0.15, 0.2) is 11.5 Å². The number of hydrogen-bond donors (Lipinski definition) is 0. The second-order valence-corrected chi connectivity index (χ2v) is 5.91. The van der Waals surface area contributed by atoms with Crippen molar-refractivity contribution < 1.29 is 9.47 Å². The summed E-state index contributed by atoms with van der Waals surface area (Å²) < 4.78 is 10.9. The number of rotatable bonds is 2. The first-order valence-electron chi connectivity index (χ1n) is 7.71. The quantitative estimate of drug-likeness (QED) is 0.836. The summed E-state index contributed by atoms with van der Waals surface area (Å²) >= 11 is 0. The zero-order chi connectivity index (χ0) is 15.5. The summed E-state index contributed by atoms with van der Waals surface area (Å²) in [6.07, 6.45) is 12.1. The minimum atomic E-state index is 0.453. The maximum Gasteiger partial charge on any atom is 0.161 e. The van der Waals surface area contributed by atoms with Gasteiger partial charge in [0.1, 0.15) is 0 Å². The number of fused-ring (bicyclic) bond motifs is 2. The molecule has 1 aliphatic heterocycles. The molecule has 1 aromatic carbocycles. The van der Waals surface area contributed by atoms with Crippen molar-refractivity contribution in [1.82, 2.24) is 4.90 Å². The average Bonchev–Trinajstić information content (AvgIpc) is 2.60. The Bertz CT molecular complexity index is 643. The van der Waals surface area contributed by atoms with E-state index in [1.165, 1.54) is 16.7 Å². The molecule has 1 atom stereocenters. The summed E-state index contributed by atoms with van der Waals surface area (Å²) in [7, 11) is 5.57. The van der Waals surface area contributed by atoms with Crippen molar-refractivity contribution in [3.8, 4) is 11.5 Å². The van der Waals surface area contributed by atoms with Crippen LogP contribution in [0.5, 0.6) is 11.5 Å². The lowest BCUT2D eigenvalue weighted by Gasteiger charge is -2.23. The Labute approximate surface area is 132 Å². The molecular weight excluding hydrogens is 274 g/mol. The lowest BCUT2D eigenvalue weighted by molar-refractivity contribution is 0.319. The third-order valence-electron chi connectivity index (χ3n) is 4.41. The zero-order valence-corrected chi connectivity index (χ0v) is 13.5. The van der Waals surface area contributed by atoms with E-state index in [0.29, 0.717) is 5.92 Å². The van der Waals surface area contributed by atoms with Crippen LogP contribution in [0.2, 0.25) is 0 Å². The van der Waals surface area contributed by atoms with Crippen LogP contribution in [0, 0.1) is 5.92 Å². The monoisotopic (exact) mass is 297 g/mol. The molecule has 1 heterocycles. The molecule has 0 fully saturated rings. The molecule has 0 amide bonds. The highest BCUT2D eigenvalue weighted by Crippen LogP contribution is 2.34. The number of allylic oxidation sites excluding steroid dienone is 3. The third kappa shape index (κ3) is 2.95. The number of likely N-dealkylation sites (N-methyl/N-ethyl adjacent to an activating group) is 1. The largest absolute Gasteiger partial charge is 0.493 e. The van der Waals surface area contributed by atoms with Crippen LogP contribution in [0.1, 0.15) is 11.1 Å². The Balaban J connectivity index is 2.10. The number of methoxy groups -OCH3 is 2. The van der Waals surface area contributed by atoms with Crippen molar-refractivity contribution in [2.75, 3.05) is 34.4 Å². The number of benzene rings is 1. The van der Waals surface area contributed by atoms with Crippen LogP contribution >= 0.6 is 0 Å². The molecule has 0 saturated heterocycles. The molecule has 0 N–H and O–H groups in total. The van der Waals surface area contributed by atoms with Crippen LogP contribution in [-0.4, -0.2) is 39.3 Å². The highest BCUT2D eigenvalue weighted by Gasteiger charge is 2.18. The minimum Gasteiger partial charge on any atom is -0.493 e. The van der Waals surface area contributed by atoms with Gasteiger partial charge < -0.3 is 14.4 Å². The summed E-state index contributed by atoms with van der Waals surface area (Å²) in [5.74, 6) is 2.05. The van der Waals surface area contributed by atoms with Crippen molar-refractivity contribution in [3.05, 3.63) is 53.1 Å². The lowest BCUT2D eigenvalue weighted by Crippen LogP contribution is -2.27. The van der Waals surface area contributed by atoms with Gasteiger partial charge in [0.05, 0.1) is 14.2 Å². The van der Waals surface area contributed by atoms with Crippen LogP contribution in [0.15, 0.2) is 42.0 Å². The molecule has 22 heavy (non-hydrogen) atoms. The molecule has 3 rings (SSSR count). The molecule has 0 saturated carbocycles. The lowest BCUT2D eigenvalue weighted by atomic mass is 9.91. The fourth-order valence-corrected chi connectivity index (χ4v) is 3.13. The Hall–Kier alpha value is -2.00. The number of nitrogens with zero attached hydrogens (tertiary/aromatic N) is 1. The van der Waals surface area contributed by atoms with Gasteiger partial charge in [-0.25, -0.2) is 0 Å². The standard InChI is InChI=1S/C19H23NO2/c1-20-9-8-15-11-18(21-2)19(22-3)12-17(15)10-14-6-4-5-7-16(14)13-20/h4-7,10-12,16H,8-9,13H2,1-3H3/b14-10-. The van der Waals surface area contributed by atoms with E-state index in [1.807, 2.05) is 0 Å². The minimum absolute atomic E-state index is 0.453. The van der Waals surface area contributed by atoms with Gasteiger partial charge in [-0.3, -0.25) is 0 Å². The number of hydrogen-bond acceptors (Lipinski definition) is 3. The van der Waals surface area contributed by atoms with Gasteiger partial charge in [-0.05, 0) is 42.3 Å². The maximum atomic E-state index is 5.47. The van der Waals surface area contributed by atoms with E-state index in [-0.39, 0.29) is 0 Å². The molecule has 3 heteroatoms. The predicted molar refractivity (Wildman–Crippen MR) is 90.5 cm³/mol. The van der Waals surface area contributed by atoms with Gasteiger partial charge in [0.2, 0.25) is 0 Å². The van der Waals surface area contributed by atoms with Gasteiger partial charge in [0, 0.05) is 19.0 Å². The van der Waals surface area contributed by atoms with E-state index in [4.69, 9.17) is 9.47 Å². The molecular formula is C19H23NO2. The molecule has 1 aliphatic carbocycles. The average molecular weight is 297 g/mol. The SMILES string of the molecule is COc1cc2c(cc1OC)CCN(C)CC1C=CC=C/C1=C/2. The Morgan fingerprint density at radius 3 is 2.64 bits per heavy atom. The molecule has 0 radical (unpaired) electrons. The third-order valence-corrected chi connectivity index (χ3v) is 4.41. The highest BCUT2D eigenvalue weighted by atomic mass is 16.5. The van der Waals surface area contributed by atoms with Gasteiger partial charge in [-0.1, -0.05) is 30.4 Å². The highest BCUT2D eigenvalue weighted by molar-refractivity contribution is 5.65. The number of ether oxygens (including phenoxy) is 2. The van der Waals surface area contributed by atoms with Crippen LogP contribution in [0.3, 0.4) is 0 Å². The Morgan fingerprint density at radius 1 is 1.09 bits per heavy atom. The van der Waals surface area contributed by atoms with Crippen molar-refractivity contribution in [1.29, 1.82) is 0 Å². The van der Waals surface area contributed by atoms with Crippen molar-refractivity contribution in [2.24, 2.45) is 5.92 Å². The molecule has 0 spiro atoms. The zero-order valence-electron chi connectivity index (χ0n) is 13.5. The van der Waals surface area contributed by atoms with E-state index >= 15 is 0 Å². The molecule has 0 aromatic heterocycles. The van der Waals surface area contributed by atoms with Crippen molar-refractivity contribution >= 4 is 6.08 Å². The summed E-state index contributed by atoms with van der Waals surface area (Å²) in [6.45, 7) is 2.09. The molecule has 116 valence electrons. The summed E-state index contributed by atoms with van der Waals surface area (Å²) in [5.41, 5.74) is 3.89. The molecule has 1 unspecified atom stereocenters. The summed E-state index contributed by atoms with van der Waals surface area (Å²) in [4.78, 5) is 2.40. The second kappa shape index (κ2) is 6.41. The van der Waals surface area contributed by atoms with Crippen molar-refractivity contribution in [2.45, 2.75) is 6.42 Å². The van der Waals surface area contributed by atoms with Gasteiger partial charge in [0.25, 0.3) is 0 Å². The van der Waals surface area contributed by atoms with E-state index in [9.17, 15) is 0 Å². The molecule has 2 aliphatic rings. The van der Waals surface area contributed by atoms with E-state index in [2.05, 4.69) is 54.5 Å². The maximum absolute atomic E-state index is 5.47. The molecule has 0 bridgehead atoms. The van der Waals surface area contributed by atoms with Crippen LogP contribution in [0.4, 0.5) is 0 Å². The smallest absolute Gasteiger partial charge is 0.161 e. The van der Waals surface area contributed by atoms with Crippen molar-refractivity contribution in [3.63, 3.8) is 0 Å². The fraction of sp³-hybridized carbons (Fsp3) is 0.368. The van der Waals surface area contributed by atoms with Gasteiger partial charge in [-0.15, -0.1) is 0 Å². The van der Waals surface area contributed by atoms with E-state index in [0.717, 1.165) is 31.0 Å². The summed E-state index contributed by atoms with van der Waals surface area (Å²) in [5, 5.41) is 0. The van der Waals surface area contributed by atoms with E-state index < -0.39 is 0 Å². The van der Waals surface area contributed by atoms with Gasteiger partial charge >= 0.3 is 0 Å². The normalized spacial score (nSPS) is 23.4. The fourth-order valence-electron chi connectivity index (χ4n) is 3.13. The van der Waals surface area contributed by atoms with Crippen LogP contribution < -0.4 is 9.47 Å². The van der Waals surface area contributed by atoms with Crippen LogP contribution in [-0.2, 0) is 6.42 Å². The van der Waals surface area contributed by atoms with E-state index in [1.54, 1.807) is 14.2 Å². The first-order chi connectivity index (χ1) is 10.7. The molecule has 3 nitrogen and oxygen atoms in total. The first kappa shape index (κ1) is 14.9. The predicted octanol–water partition coefficient (Wildman–Crippen LogP) is 3.32. The van der Waals surface area contributed by atoms with Gasteiger partial charge in [-0.2, -0.15) is 0 Å².